The highest BCUT2D eigenvalue weighted by molar-refractivity contribution is 7.99. The first-order valence-corrected chi connectivity index (χ1v) is 7.80. The summed E-state index contributed by atoms with van der Waals surface area (Å²) >= 11 is 1.66. The van der Waals surface area contributed by atoms with Crippen LogP contribution in [-0.4, -0.2) is 20.1 Å². The second-order valence-corrected chi connectivity index (χ2v) is 6.18. The van der Waals surface area contributed by atoms with Crippen LogP contribution in [0.5, 0.6) is 0 Å². The van der Waals surface area contributed by atoms with Crippen LogP contribution in [0.3, 0.4) is 0 Å². The minimum Gasteiger partial charge on any atom is -0.255 e. The molecule has 1 aromatic carbocycles. The van der Waals surface area contributed by atoms with Gasteiger partial charge in [0.05, 0.1) is 5.52 Å². The van der Waals surface area contributed by atoms with Crippen molar-refractivity contribution in [3.8, 4) is 0 Å². The molecule has 0 saturated heterocycles. The van der Waals surface area contributed by atoms with E-state index < -0.39 is 0 Å². The molecule has 0 bridgehead atoms. The molecular weight excluding hydrogens is 294 g/mol. The van der Waals surface area contributed by atoms with E-state index in [4.69, 9.17) is 0 Å². The third kappa shape index (κ3) is 2.21. The summed E-state index contributed by atoms with van der Waals surface area (Å²) in [5.74, 6) is 1.53. The number of hydrogen-bond donors (Lipinski definition) is 1. The number of para-hydroxylation sites is 1. The van der Waals surface area contributed by atoms with Crippen molar-refractivity contribution in [1.82, 2.24) is 20.1 Å². The lowest BCUT2D eigenvalue weighted by Crippen LogP contribution is -2.28. The van der Waals surface area contributed by atoms with E-state index in [1.165, 1.54) is 0 Å². The Labute approximate surface area is 131 Å². The molecule has 1 N–H and O–H groups in total. The molecule has 0 aliphatic heterocycles. The predicted octanol–water partition coefficient (Wildman–Crippen LogP) is 2.86. The Bertz CT molecular complexity index is 987. The smallest absolute Gasteiger partial charge is 0.255 e. The zero-order valence-electron chi connectivity index (χ0n) is 12.2. The number of nitrogens with zero attached hydrogens (tertiary/aromatic N) is 4. The van der Waals surface area contributed by atoms with Crippen LogP contribution >= 0.6 is 11.8 Å². The average Bonchev–Trinajstić information content (AvgIpc) is 2.88. The number of nitrogens with one attached hydrogen (secondary N) is 1. The van der Waals surface area contributed by atoms with Crippen molar-refractivity contribution < 1.29 is 4.52 Å². The van der Waals surface area contributed by atoms with Crippen molar-refractivity contribution in [3.63, 3.8) is 0 Å². The van der Waals surface area contributed by atoms with E-state index in [0.29, 0.717) is 5.78 Å². The first-order valence-electron chi connectivity index (χ1n) is 6.98. The van der Waals surface area contributed by atoms with E-state index in [0.717, 1.165) is 32.3 Å². The number of benzene rings is 1. The van der Waals surface area contributed by atoms with E-state index in [1.54, 1.807) is 11.8 Å². The molecule has 3 heterocycles. The molecule has 3 aromatic heterocycles. The minimum atomic E-state index is 0.688. The Morgan fingerprint density at radius 3 is 2.86 bits per heavy atom. The zero-order valence-corrected chi connectivity index (χ0v) is 13.1. The molecule has 108 valence electrons. The van der Waals surface area contributed by atoms with Gasteiger partial charge in [0.2, 0.25) is 5.82 Å². The molecule has 0 radical (unpaired) electrons. The van der Waals surface area contributed by atoms with Crippen LogP contribution in [-0.2, 0) is 0 Å². The van der Waals surface area contributed by atoms with Crippen LogP contribution in [0.2, 0.25) is 0 Å². The van der Waals surface area contributed by atoms with Crippen LogP contribution in [0, 0.1) is 13.8 Å². The zero-order chi connectivity index (χ0) is 15.1. The predicted molar refractivity (Wildman–Crippen MR) is 84.9 cm³/mol. The lowest BCUT2D eigenvalue weighted by atomic mass is 10.2. The van der Waals surface area contributed by atoms with E-state index in [1.807, 2.05) is 30.6 Å². The molecular formula is C16H14N5S+. The van der Waals surface area contributed by atoms with Gasteiger partial charge in [-0.15, -0.1) is 4.52 Å². The Balaban J connectivity index is 1.89. The average molecular weight is 308 g/mol. The summed E-state index contributed by atoms with van der Waals surface area (Å²) in [5.41, 5.74) is 1.96. The highest BCUT2D eigenvalue weighted by atomic mass is 32.2. The van der Waals surface area contributed by atoms with Crippen molar-refractivity contribution in [2.45, 2.75) is 23.8 Å². The normalized spacial score (nSPS) is 11.4. The monoisotopic (exact) mass is 308 g/mol. The van der Waals surface area contributed by atoms with Gasteiger partial charge in [0, 0.05) is 29.5 Å². The van der Waals surface area contributed by atoms with Gasteiger partial charge in [-0.3, -0.25) is 4.98 Å². The quantitative estimate of drug-likeness (QED) is 0.457. The number of aromatic amines is 1. The molecule has 0 unspecified atom stereocenters. The maximum absolute atomic E-state index is 4.51. The fourth-order valence-electron chi connectivity index (χ4n) is 2.45. The number of rotatable bonds is 2. The molecule has 0 fully saturated rings. The Morgan fingerprint density at radius 1 is 1.09 bits per heavy atom. The number of hydrogen-bond acceptors (Lipinski definition) is 4. The van der Waals surface area contributed by atoms with Crippen molar-refractivity contribution in [2.24, 2.45) is 0 Å². The first kappa shape index (κ1) is 13.2. The summed E-state index contributed by atoms with van der Waals surface area (Å²) < 4.78 is 1.91. The maximum Gasteiger partial charge on any atom is 0.458 e. The summed E-state index contributed by atoms with van der Waals surface area (Å²) in [6.07, 6.45) is 1.83. The fraction of sp³-hybridized carbons (Fsp3) is 0.125. The number of aryl methyl sites for hydroxylation is 2. The summed E-state index contributed by atoms with van der Waals surface area (Å²) in [4.78, 5) is 14.5. The fourth-order valence-corrected chi connectivity index (χ4v) is 3.53. The van der Waals surface area contributed by atoms with E-state index in [-0.39, 0.29) is 0 Å². The van der Waals surface area contributed by atoms with Gasteiger partial charge in [-0.2, -0.15) is 0 Å². The SMILES string of the molecule is Cc1cc(Sc2cccc3cccnc23)[n+]2[nH]c(C)nc2n1. The molecule has 0 aliphatic carbocycles. The summed E-state index contributed by atoms with van der Waals surface area (Å²) in [6.45, 7) is 3.91. The van der Waals surface area contributed by atoms with E-state index in [2.05, 4.69) is 50.4 Å². The van der Waals surface area contributed by atoms with Gasteiger partial charge in [-0.05, 0) is 19.1 Å². The lowest BCUT2D eigenvalue weighted by molar-refractivity contribution is -0.620. The van der Waals surface area contributed by atoms with E-state index in [9.17, 15) is 0 Å². The van der Waals surface area contributed by atoms with Gasteiger partial charge in [0.1, 0.15) is 5.69 Å². The van der Waals surface area contributed by atoms with Gasteiger partial charge < -0.3 is 0 Å². The Hall–Kier alpha value is -2.47. The van der Waals surface area contributed by atoms with Crippen molar-refractivity contribution in [2.75, 3.05) is 0 Å². The topological polar surface area (TPSA) is 58.6 Å². The van der Waals surface area contributed by atoms with Crippen LogP contribution in [0.15, 0.2) is 52.5 Å². The standard InChI is InChI=1S/C16H13N5S/c1-10-9-14(21-16(18-10)19-11(2)20-21)22-13-7-3-5-12-6-4-8-17-15(12)13/h3-9H,1-2H3/p+1. The minimum absolute atomic E-state index is 0.688. The first-order chi connectivity index (χ1) is 10.7. The number of H-pyrrole nitrogens is 1. The van der Waals surface area contributed by atoms with Gasteiger partial charge >= 0.3 is 5.78 Å². The van der Waals surface area contributed by atoms with Crippen LogP contribution < -0.4 is 4.52 Å². The third-order valence-corrected chi connectivity index (χ3v) is 4.44. The van der Waals surface area contributed by atoms with Gasteiger partial charge in [0.25, 0.3) is 0 Å². The second kappa shape index (κ2) is 5.06. The largest absolute Gasteiger partial charge is 0.458 e. The summed E-state index contributed by atoms with van der Waals surface area (Å²) in [7, 11) is 0. The Kier molecular flexibility index (Phi) is 3.04. The molecule has 0 atom stereocenters. The number of fused-ring (bicyclic) bond motifs is 2. The molecule has 22 heavy (non-hydrogen) atoms. The van der Waals surface area contributed by atoms with Crippen LogP contribution in [0.25, 0.3) is 16.7 Å². The number of pyridine rings is 1. The second-order valence-electron chi connectivity index (χ2n) is 5.11. The van der Waals surface area contributed by atoms with E-state index >= 15 is 0 Å². The van der Waals surface area contributed by atoms with Crippen molar-refractivity contribution in [1.29, 1.82) is 0 Å². The molecule has 0 spiro atoms. The van der Waals surface area contributed by atoms with Crippen molar-refractivity contribution in [3.05, 3.63) is 54.1 Å². The highest BCUT2D eigenvalue weighted by Crippen LogP contribution is 2.30. The Morgan fingerprint density at radius 2 is 1.95 bits per heavy atom. The maximum atomic E-state index is 4.51. The van der Waals surface area contributed by atoms with Crippen molar-refractivity contribution >= 4 is 28.4 Å². The summed E-state index contributed by atoms with van der Waals surface area (Å²) in [5, 5.41) is 5.41. The molecule has 6 heteroatoms. The molecule has 4 aromatic rings. The van der Waals surface area contributed by atoms with Gasteiger partial charge in [-0.1, -0.05) is 39.9 Å². The molecule has 0 aliphatic rings. The number of aromatic nitrogens is 5. The lowest BCUT2D eigenvalue weighted by Gasteiger charge is -2.04. The van der Waals surface area contributed by atoms with Crippen LogP contribution in [0.1, 0.15) is 11.5 Å². The molecule has 0 amide bonds. The third-order valence-electron chi connectivity index (χ3n) is 3.38. The van der Waals surface area contributed by atoms with Gasteiger partial charge in [-0.25, -0.2) is 5.10 Å². The summed E-state index contributed by atoms with van der Waals surface area (Å²) in [6, 6.07) is 12.3. The molecule has 4 rings (SSSR count). The molecule has 5 nitrogen and oxygen atoms in total. The highest BCUT2D eigenvalue weighted by Gasteiger charge is 2.17. The molecule has 0 saturated carbocycles. The van der Waals surface area contributed by atoms with Gasteiger partial charge in [0.15, 0.2) is 5.03 Å². The van der Waals surface area contributed by atoms with Crippen LogP contribution in [0.4, 0.5) is 0 Å².